The van der Waals surface area contributed by atoms with E-state index in [1.807, 2.05) is 20.8 Å². The van der Waals surface area contributed by atoms with Gasteiger partial charge in [0, 0.05) is 0 Å². The Kier molecular flexibility index (Phi) is 2.81. The lowest BCUT2D eigenvalue weighted by atomic mass is 10.2. The van der Waals surface area contributed by atoms with Crippen molar-refractivity contribution in [1.82, 2.24) is 4.90 Å². The predicted molar refractivity (Wildman–Crippen MR) is 47.9 cm³/mol. The maximum atomic E-state index is 11.4. The molecule has 1 atom stereocenters. The molecule has 0 aromatic rings. The summed E-state index contributed by atoms with van der Waals surface area (Å²) in [6.07, 6.45) is -0.296. The lowest BCUT2D eigenvalue weighted by molar-refractivity contribution is 0.0303. The summed E-state index contributed by atoms with van der Waals surface area (Å²) in [4.78, 5) is 12.8. The van der Waals surface area contributed by atoms with Gasteiger partial charge in [-0.15, -0.1) is 0 Å². The standard InChI is InChI=1S/C9H16NO3/c1-9(2,3)13-8(12)10-5-4-7(11)6-10/h5,7,11H,4,6H2,1-3H3. The summed E-state index contributed by atoms with van der Waals surface area (Å²) in [5.74, 6) is 0. The second-order valence-electron chi connectivity index (χ2n) is 4.20. The topological polar surface area (TPSA) is 49.8 Å². The van der Waals surface area contributed by atoms with Crippen LogP contribution in [0.25, 0.3) is 0 Å². The highest BCUT2D eigenvalue weighted by Gasteiger charge is 2.28. The summed E-state index contributed by atoms with van der Waals surface area (Å²) in [6, 6.07) is 0. The Labute approximate surface area is 78.5 Å². The number of hydrogen-bond acceptors (Lipinski definition) is 3. The molecule has 1 fully saturated rings. The van der Waals surface area contributed by atoms with Gasteiger partial charge in [-0.05, 0) is 27.2 Å². The van der Waals surface area contributed by atoms with Crippen LogP contribution < -0.4 is 0 Å². The number of amides is 1. The maximum Gasteiger partial charge on any atom is 0.410 e. The van der Waals surface area contributed by atoms with Crippen molar-refractivity contribution in [2.45, 2.75) is 38.9 Å². The normalized spacial score (nSPS) is 23.4. The first-order valence-corrected chi connectivity index (χ1v) is 4.39. The smallest absolute Gasteiger partial charge is 0.410 e. The first-order chi connectivity index (χ1) is 5.88. The van der Waals surface area contributed by atoms with Crippen LogP contribution in [0.15, 0.2) is 0 Å². The minimum Gasteiger partial charge on any atom is -0.444 e. The number of ether oxygens (including phenoxy) is 1. The molecule has 0 aromatic carbocycles. The van der Waals surface area contributed by atoms with Crippen molar-refractivity contribution in [3.8, 4) is 0 Å². The Hall–Kier alpha value is -0.770. The summed E-state index contributed by atoms with van der Waals surface area (Å²) in [6.45, 7) is 7.46. The Morgan fingerprint density at radius 1 is 1.62 bits per heavy atom. The van der Waals surface area contributed by atoms with Gasteiger partial charge < -0.3 is 14.7 Å². The highest BCUT2D eigenvalue weighted by Crippen LogP contribution is 2.17. The van der Waals surface area contributed by atoms with Crippen molar-refractivity contribution in [2.24, 2.45) is 0 Å². The van der Waals surface area contributed by atoms with Gasteiger partial charge in [-0.2, -0.15) is 0 Å². The van der Waals surface area contributed by atoms with Gasteiger partial charge in [-0.25, -0.2) is 4.79 Å². The number of aliphatic hydroxyl groups excluding tert-OH is 1. The van der Waals surface area contributed by atoms with Gasteiger partial charge in [-0.1, -0.05) is 0 Å². The Morgan fingerprint density at radius 2 is 2.23 bits per heavy atom. The van der Waals surface area contributed by atoms with Gasteiger partial charge in [-0.3, -0.25) is 0 Å². The molecule has 1 radical (unpaired) electrons. The lowest BCUT2D eigenvalue weighted by Crippen LogP contribution is -2.34. The van der Waals surface area contributed by atoms with Crippen molar-refractivity contribution >= 4 is 6.09 Å². The minimum atomic E-state index is -0.474. The number of hydrogen-bond donors (Lipinski definition) is 1. The molecule has 0 spiro atoms. The fourth-order valence-corrected chi connectivity index (χ4v) is 1.09. The van der Waals surface area contributed by atoms with Crippen LogP contribution in [-0.2, 0) is 4.74 Å². The number of aliphatic hydroxyl groups is 1. The zero-order chi connectivity index (χ0) is 10.1. The van der Waals surface area contributed by atoms with E-state index < -0.39 is 11.7 Å². The van der Waals surface area contributed by atoms with Gasteiger partial charge >= 0.3 is 6.09 Å². The van der Waals surface area contributed by atoms with Crippen LogP contribution in [-0.4, -0.2) is 34.3 Å². The highest BCUT2D eigenvalue weighted by atomic mass is 16.6. The van der Waals surface area contributed by atoms with Crippen molar-refractivity contribution in [2.75, 3.05) is 6.54 Å². The maximum absolute atomic E-state index is 11.4. The van der Waals surface area contributed by atoms with Crippen LogP contribution in [0, 0.1) is 6.54 Å². The average molecular weight is 186 g/mol. The van der Waals surface area contributed by atoms with Gasteiger partial charge in [0.05, 0.1) is 19.2 Å². The molecule has 75 valence electrons. The van der Waals surface area contributed by atoms with Crippen LogP contribution >= 0.6 is 0 Å². The zero-order valence-electron chi connectivity index (χ0n) is 8.28. The van der Waals surface area contributed by atoms with Gasteiger partial charge in [0.25, 0.3) is 0 Å². The molecule has 0 saturated carbocycles. The zero-order valence-corrected chi connectivity index (χ0v) is 8.28. The molecule has 13 heavy (non-hydrogen) atoms. The monoisotopic (exact) mass is 186 g/mol. The van der Waals surface area contributed by atoms with Crippen LogP contribution in [0.4, 0.5) is 4.79 Å². The predicted octanol–water partition coefficient (Wildman–Crippen LogP) is 1.15. The molecule has 1 saturated heterocycles. The number of β-amino-alcohol motifs (C(OH)–C–C–N with tert-alkyl or cyclic N) is 1. The summed E-state index contributed by atoms with van der Waals surface area (Å²) >= 11 is 0. The summed E-state index contributed by atoms with van der Waals surface area (Å²) < 4.78 is 5.11. The molecule has 4 nitrogen and oxygen atoms in total. The lowest BCUT2D eigenvalue weighted by Gasteiger charge is -2.23. The minimum absolute atomic E-state index is 0.342. The van der Waals surface area contributed by atoms with Crippen LogP contribution in [0.5, 0.6) is 0 Å². The molecule has 1 aliphatic rings. The third-order valence-corrected chi connectivity index (χ3v) is 1.63. The molecular weight excluding hydrogens is 170 g/mol. The molecule has 1 amide bonds. The molecule has 0 aliphatic carbocycles. The number of carbonyl (C=O) groups is 1. The van der Waals surface area contributed by atoms with E-state index in [0.29, 0.717) is 13.0 Å². The Morgan fingerprint density at radius 3 is 2.62 bits per heavy atom. The van der Waals surface area contributed by atoms with E-state index in [9.17, 15) is 4.79 Å². The van der Waals surface area contributed by atoms with Gasteiger partial charge in [0.2, 0.25) is 0 Å². The highest BCUT2D eigenvalue weighted by molar-refractivity contribution is 5.69. The van der Waals surface area contributed by atoms with Gasteiger partial charge in [0.1, 0.15) is 5.60 Å². The molecule has 0 bridgehead atoms. The van der Waals surface area contributed by atoms with Crippen molar-refractivity contribution < 1.29 is 14.6 Å². The summed E-state index contributed by atoms with van der Waals surface area (Å²) in [7, 11) is 0. The molecule has 4 heteroatoms. The van der Waals surface area contributed by atoms with Crippen LogP contribution in [0.2, 0.25) is 0 Å². The largest absolute Gasteiger partial charge is 0.444 e. The van der Waals surface area contributed by atoms with E-state index in [1.54, 1.807) is 6.54 Å². The average Bonchev–Trinajstić information content (AvgIpc) is 2.31. The Bertz CT molecular complexity index is 198. The number of rotatable bonds is 0. The summed E-state index contributed by atoms with van der Waals surface area (Å²) in [5.41, 5.74) is -0.474. The van der Waals surface area contributed by atoms with Crippen LogP contribution in [0.3, 0.4) is 0 Å². The first kappa shape index (κ1) is 10.3. The van der Waals surface area contributed by atoms with E-state index in [-0.39, 0.29) is 6.09 Å². The van der Waals surface area contributed by atoms with E-state index in [2.05, 4.69) is 0 Å². The molecule has 1 unspecified atom stereocenters. The fraction of sp³-hybridized carbons (Fsp3) is 0.778. The molecule has 1 aliphatic heterocycles. The van der Waals surface area contributed by atoms with E-state index in [0.717, 1.165) is 0 Å². The SMILES string of the molecule is CC(C)(C)OC(=O)N1[CH]CC(O)C1. The van der Waals surface area contributed by atoms with Crippen molar-refractivity contribution in [3.05, 3.63) is 6.54 Å². The van der Waals surface area contributed by atoms with Crippen molar-refractivity contribution in [3.63, 3.8) is 0 Å². The Balaban J connectivity index is 2.41. The molecule has 0 aromatic heterocycles. The first-order valence-electron chi connectivity index (χ1n) is 4.39. The van der Waals surface area contributed by atoms with E-state index >= 15 is 0 Å². The van der Waals surface area contributed by atoms with Gasteiger partial charge in [0.15, 0.2) is 0 Å². The third-order valence-electron chi connectivity index (χ3n) is 1.63. The second-order valence-corrected chi connectivity index (χ2v) is 4.20. The molecule has 1 N–H and O–H groups in total. The number of carbonyl (C=O) groups excluding carboxylic acids is 1. The molecule has 1 rings (SSSR count). The molecule has 1 heterocycles. The van der Waals surface area contributed by atoms with Crippen LogP contribution in [0.1, 0.15) is 27.2 Å². The third kappa shape index (κ3) is 3.22. The second kappa shape index (κ2) is 3.54. The fourth-order valence-electron chi connectivity index (χ4n) is 1.09. The summed E-state index contributed by atoms with van der Waals surface area (Å²) in [5, 5.41) is 9.17. The number of likely N-dealkylation sites (tertiary alicyclic amines) is 1. The van der Waals surface area contributed by atoms with E-state index in [4.69, 9.17) is 9.84 Å². The van der Waals surface area contributed by atoms with E-state index in [1.165, 1.54) is 4.90 Å². The quantitative estimate of drug-likeness (QED) is 0.617. The van der Waals surface area contributed by atoms with Crippen molar-refractivity contribution in [1.29, 1.82) is 0 Å². The molecular formula is C9H16NO3. The number of nitrogens with zero attached hydrogens (tertiary/aromatic N) is 1.